The topological polar surface area (TPSA) is 9.86 Å². The summed E-state index contributed by atoms with van der Waals surface area (Å²) in [6.45, 7) is 6.56. The van der Waals surface area contributed by atoms with Gasteiger partial charge in [0.1, 0.15) is 0 Å². The predicted molar refractivity (Wildman–Crippen MR) is 262 cm³/mol. The highest BCUT2D eigenvalue weighted by Crippen LogP contribution is 2.51. The first-order valence-corrected chi connectivity index (χ1v) is 22.4. The first kappa shape index (κ1) is 39.1. The molecule has 0 aliphatic rings. The van der Waals surface area contributed by atoms with E-state index in [0.29, 0.717) is 0 Å². The van der Waals surface area contributed by atoms with Crippen LogP contribution in [0.2, 0.25) is 0 Å². The molecule has 0 N–H and O–H groups in total. The van der Waals surface area contributed by atoms with Gasteiger partial charge >= 0.3 is 0 Å². The highest BCUT2D eigenvalue weighted by atomic mass is 15.0. The Bertz CT molecular complexity index is 2710. The first-order chi connectivity index (χ1) is 29.7. The van der Waals surface area contributed by atoms with Gasteiger partial charge in [0.25, 0.3) is 0 Å². The van der Waals surface area contributed by atoms with Gasteiger partial charge in [-0.05, 0) is 70.5 Å². The van der Waals surface area contributed by atoms with E-state index in [0.717, 1.165) is 25.9 Å². The van der Waals surface area contributed by atoms with Gasteiger partial charge in [0.05, 0.1) is 11.0 Å². The van der Waals surface area contributed by atoms with Crippen molar-refractivity contribution in [1.29, 1.82) is 0 Å². The second-order valence-corrected chi connectivity index (χ2v) is 16.4. The summed E-state index contributed by atoms with van der Waals surface area (Å²) in [6, 6.07) is 58.3. The quantitative estimate of drug-likeness (QED) is 0.0683. The lowest BCUT2D eigenvalue weighted by Gasteiger charge is -2.18. The Morgan fingerprint density at radius 3 is 1.12 bits per heavy atom. The molecule has 0 saturated carbocycles. The Morgan fingerprint density at radius 1 is 0.367 bits per heavy atom. The van der Waals surface area contributed by atoms with Gasteiger partial charge in [-0.3, -0.25) is 0 Å². The molecule has 7 aromatic carbocycles. The summed E-state index contributed by atoms with van der Waals surface area (Å²) in [5, 5.41) is 5.36. The monoisotopic (exact) mass is 780 g/mol. The normalized spacial score (nSPS) is 12.0. The van der Waals surface area contributed by atoms with Gasteiger partial charge in [-0.25, -0.2) is 0 Å². The van der Waals surface area contributed by atoms with Crippen LogP contribution in [0.5, 0.6) is 0 Å². The van der Waals surface area contributed by atoms with Crippen LogP contribution in [0.4, 0.5) is 0 Å². The Labute approximate surface area is 356 Å². The second kappa shape index (κ2) is 18.3. The fourth-order valence-electron chi connectivity index (χ4n) is 9.36. The van der Waals surface area contributed by atoms with E-state index in [1.165, 1.54) is 127 Å². The summed E-state index contributed by atoms with van der Waals surface area (Å²) in [5.41, 5.74) is 15.4. The molecule has 9 rings (SSSR count). The summed E-state index contributed by atoms with van der Waals surface area (Å²) in [7, 11) is 0. The molecule has 9 aromatic rings. The molecule has 2 heterocycles. The maximum absolute atomic E-state index is 2.70. The number of aromatic nitrogens is 2. The number of fused-ring (bicyclic) bond motifs is 6. The van der Waals surface area contributed by atoms with E-state index in [1.807, 2.05) is 0 Å². The second-order valence-electron chi connectivity index (χ2n) is 16.4. The standard InChI is InChI=1S/C58H56N2/c1-3-5-7-21-39-59-51-37-35-45(33-31-43-23-13-9-14-24-43)41-49(51)55-54(48-29-19-12-20-30-48)58-56(53(57(55)59)47-27-17-11-18-28-47)50-42-46(34-32-44-25-15-10-16-26-44)36-38-52(50)60(58)40-22-8-6-4-2/h9-20,23-38,41-42H,3-8,21-22,39-40H2,1-2H3/b33-31+,34-32+. The summed E-state index contributed by atoms with van der Waals surface area (Å²) in [4.78, 5) is 0. The zero-order chi connectivity index (χ0) is 40.7. The third-order valence-electron chi connectivity index (χ3n) is 12.3. The van der Waals surface area contributed by atoms with Crippen molar-refractivity contribution in [2.24, 2.45) is 0 Å². The zero-order valence-electron chi connectivity index (χ0n) is 35.3. The van der Waals surface area contributed by atoms with E-state index in [4.69, 9.17) is 0 Å². The maximum atomic E-state index is 2.70. The summed E-state index contributed by atoms with van der Waals surface area (Å²) in [6.07, 6.45) is 18.7. The fraction of sp³-hybridized carbons (Fsp3) is 0.207. The van der Waals surface area contributed by atoms with Crippen LogP contribution in [0.15, 0.2) is 158 Å². The molecule has 0 spiro atoms. The molecule has 0 amide bonds. The van der Waals surface area contributed by atoms with Crippen molar-refractivity contribution >= 4 is 67.9 Å². The molecule has 0 saturated heterocycles. The van der Waals surface area contributed by atoms with Crippen LogP contribution in [0, 0.1) is 0 Å². The largest absolute Gasteiger partial charge is 0.340 e. The lowest BCUT2D eigenvalue weighted by Crippen LogP contribution is -2.02. The third kappa shape index (κ3) is 7.87. The lowest BCUT2D eigenvalue weighted by molar-refractivity contribution is 0.602. The molecule has 2 aromatic heterocycles. The number of aryl methyl sites for hydroxylation is 2. The van der Waals surface area contributed by atoms with Gasteiger partial charge in [-0.1, -0.05) is 210 Å². The molecule has 2 nitrogen and oxygen atoms in total. The lowest BCUT2D eigenvalue weighted by atomic mass is 9.89. The minimum absolute atomic E-state index is 0.972. The van der Waals surface area contributed by atoms with Gasteiger partial charge in [0.15, 0.2) is 0 Å². The highest BCUT2D eigenvalue weighted by Gasteiger charge is 2.28. The summed E-state index contributed by atoms with van der Waals surface area (Å²) >= 11 is 0. The third-order valence-corrected chi connectivity index (χ3v) is 12.3. The molecule has 0 aliphatic heterocycles. The highest BCUT2D eigenvalue weighted by molar-refractivity contribution is 6.32. The van der Waals surface area contributed by atoms with Crippen LogP contribution in [-0.4, -0.2) is 9.13 Å². The molecular weight excluding hydrogens is 725 g/mol. The molecule has 0 aliphatic carbocycles. The molecule has 0 fully saturated rings. The number of hydrogen-bond acceptors (Lipinski definition) is 0. The molecule has 0 radical (unpaired) electrons. The molecular formula is C58H56N2. The average molecular weight is 781 g/mol. The van der Waals surface area contributed by atoms with Crippen LogP contribution in [0.25, 0.3) is 90.2 Å². The molecule has 0 unspecified atom stereocenters. The fourth-order valence-corrected chi connectivity index (χ4v) is 9.36. The Morgan fingerprint density at radius 2 is 0.733 bits per heavy atom. The number of unbranched alkanes of at least 4 members (excludes halogenated alkanes) is 6. The Balaban J connectivity index is 1.44. The van der Waals surface area contributed by atoms with Gasteiger partial charge in [-0.15, -0.1) is 0 Å². The van der Waals surface area contributed by atoms with Crippen LogP contribution < -0.4 is 0 Å². The number of hydrogen-bond donors (Lipinski definition) is 0. The number of benzene rings is 7. The van der Waals surface area contributed by atoms with Gasteiger partial charge in [0.2, 0.25) is 0 Å². The van der Waals surface area contributed by atoms with E-state index in [1.54, 1.807) is 0 Å². The zero-order valence-corrected chi connectivity index (χ0v) is 35.3. The van der Waals surface area contributed by atoms with Crippen molar-refractivity contribution in [2.45, 2.75) is 78.3 Å². The van der Waals surface area contributed by atoms with Crippen molar-refractivity contribution in [3.63, 3.8) is 0 Å². The average Bonchev–Trinajstić information content (AvgIpc) is 3.79. The molecule has 0 atom stereocenters. The van der Waals surface area contributed by atoms with E-state index in [-0.39, 0.29) is 0 Å². The van der Waals surface area contributed by atoms with Crippen LogP contribution >= 0.6 is 0 Å². The van der Waals surface area contributed by atoms with E-state index < -0.39 is 0 Å². The number of nitrogens with zero attached hydrogens (tertiary/aromatic N) is 2. The van der Waals surface area contributed by atoms with E-state index >= 15 is 0 Å². The van der Waals surface area contributed by atoms with Crippen molar-refractivity contribution in [1.82, 2.24) is 9.13 Å². The minimum Gasteiger partial charge on any atom is -0.340 e. The number of rotatable bonds is 16. The predicted octanol–water partition coefficient (Wildman–Crippen LogP) is 16.7. The van der Waals surface area contributed by atoms with Gasteiger partial charge in [0, 0.05) is 56.8 Å². The summed E-state index contributed by atoms with van der Waals surface area (Å²) in [5.74, 6) is 0. The smallest absolute Gasteiger partial charge is 0.0585 e. The Kier molecular flexibility index (Phi) is 11.9. The minimum atomic E-state index is 0.972. The SMILES string of the molecule is CCCCCCn1c2ccc(/C=C/c3ccccc3)cc2c2c(-c3ccccc3)c3c(c(-c4ccccc4)c21)c1cc(/C=C/c2ccccc2)ccc1n3CCCCCC. The van der Waals surface area contributed by atoms with Crippen LogP contribution in [0.1, 0.15) is 87.5 Å². The van der Waals surface area contributed by atoms with E-state index in [2.05, 4.69) is 205 Å². The van der Waals surface area contributed by atoms with Crippen molar-refractivity contribution in [2.75, 3.05) is 0 Å². The molecule has 60 heavy (non-hydrogen) atoms. The summed E-state index contributed by atoms with van der Waals surface area (Å²) < 4.78 is 5.39. The molecule has 298 valence electrons. The van der Waals surface area contributed by atoms with Crippen molar-refractivity contribution in [3.8, 4) is 22.3 Å². The van der Waals surface area contributed by atoms with Crippen LogP contribution in [0.3, 0.4) is 0 Å². The van der Waals surface area contributed by atoms with Crippen LogP contribution in [-0.2, 0) is 13.1 Å². The first-order valence-electron chi connectivity index (χ1n) is 22.4. The Hall–Kier alpha value is -6.38. The van der Waals surface area contributed by atoms with Gasteiger partial charge < -0.3 is 9.13 Å². The molecule has 0 bridgehead atoms. The maximum Gasteiger partial charge on any atom is 0.0585 e. The van der Waals surface area contributed by atoms with Gasteiger partial charge in [-0.2, -0.15) is 0 Å². The molecule has 2 heteroatoms. The van der Waals surface area contributed by atoms with E-state index in [9.17, 15) is 0 Å². The van der Waals surface area contributed by atoms with Crippen molar-refractivity contribution < 1.29 is 0 Å². The van der Waals surface area contributed by atoms with Crippen molar-refractivity contribution in [3.05, 3.63) is 180 Å².